The fourth-order valence-electron chi connectivity index (χ4n) is 3.95. The van der Waals surface area contributed by atoms with Crippen LogP contribution in [0.5, 0.6) is 0 Å². The molecule has 3 rings (SSSR count). The molecule has 1 aliphatic heterocycles. The molecule has 0 aromatic carbocycles. The molecule has 1 N–H and O–H groups in total. The van der Waals surface area contributed by atoms with Crippen LogP contribution in [0.4, 0.5) is 0 Å². The Morgan fingerprint density at radius 3 is 2.67 bits per heavy atom. The van der Waals surface area contributed by atoms with Crippen LogP contribution < -0.4 is 5.32 Å². The van der Waals surface area contributed by atoms with E-state index in [-0.39, 0.29) is 0 Å². The topological polar surface area (TPSA) is 15.3 Å². The first kappa shape index (κ1) is 12.9. The Morgan fingerprint density at radius 2 is 2.06 bits per heavy atom. The summed E-state index contributed by atoms with van der Waals surface area (Å²) in [6, 6.07) is 2.52. The summed E-state index contributed by atoms with van der Waals surface area (Å²) in [6.07, 6.45) is 7.25. The van der Waals surface area contributed by atoms with Gasteiger partial charge in [0, 0.05) is 31.2 Å². The molecule has 4 unspecified atom stereocenters. The lowest BCUT2D eigenvalue weighted by Gasteiger charge is -2.43. The molecule has 0 amide bonds. The highest BCUT2D eigenvalue weighted by atomic mass is 15.3. The Kier molecular flexibility index (Phi) is 3.68. The third kappa shape index (κ3) is 2.60. The molecule has 1 saturated heterocycles. The van der Waals surface area contributed by atoms with Gasteiger partial charge in [-0.1, -0.05) is 27.2 Å². The van der Waals surface area contributed by atoms with E-state index in [0.717, 1.165) is 35.9 Å². The summed E-state index contributed by atoms with van der Waals surface area (Å²) >= 11 is 0. The monoisotopic (exact) mass is 250 g/mol. The van der Waals surface area contributed by atoms with Gasteiger partial charge in [0.25, 0.3) is 0 Å². The zero-order valence-electron chi connectivity index (χ0n) is 12.4. The summed E-state index contributed by atoms with van der Waals surface area (Å²) in [5.41, 5.74) is 0. The van der Waals surface area contributed by atoms with Crippen molar-refractivity contribution in [3.8, 4) is 0 Å². The zero-order chi connectivity index (χ0) is 12.7. The van der Waals surface area contributed by atoms with Crippen LogP contribution in [0.1, 0.15) is 52.9 Å². The highest BCUT2D eigenvalue weighted by Gasteiger charge is 2.47. The maximum atomic E-state index is 3.83. The molecule has 2 saturated carbocycles. The molecule has 3 aliphatic rings. The van der Waals surface area contributed by atoms with Crippen molar-refractivity contribution in [2.24, 2.45) is 17.8 Å². The minimum Gasteiger partial charge on any atom is -0.311 e. The average Bonchev–Trinajstić information content (AvgIpc) is 3.23. The van der Waals surface area contributed by atoms with E-state index in [0.29, 0.717) is 0 Å². The van der Waals surface area contributed by atoms with Gasteiger partial charge in [-0.2, -0.15) is 0 Å². The number of hydrogen-bond acceptors (Lipinski definition) is 2. The number of hydrogen-bond donors (Lipinski definition) is 1. The number of nitrogens with zero attached hydrogens (tertiary/aromatic N) is 1. The molecule has 2 heteroatoms. The average molecular weight is 250 g/mol. The lowest BCUT2D eigenvalue weighted by atomic mass is 9.96. The van der Waals surface area contributed by atoms with Crippen LogP contribution in [-0.2, 0) is 0 Å². The first-order valence-electron chi connectivity index (χ1n) is 8.19. The van der Waals surface area contributed by atoms with E-state index in [1.54, 1.807) is 0 Å². The van der Waals surface area contributed by atoms with Crippen LogP contribution >= 0.6 is 0 Å². The minimum atomic E-state index is 0.784. The molecular formula is C16H30N2. The van der Waals surface area contributed by atoms with Crippen molar-refractivity contribution in [2.75, 3.05) is 13.1 Å². The van der Waals surface area contributed by atoms with Gasteiger partial charge in [0.15, 0.2) is 0 Å². The lowest BCUT2D eigenvalue weighted by Crippen LogP contribution is -2.59. The predicted octanol–water partition coefficient (Wildman–Crippen LogP) is 2.88. The van der Waals surface area contributed by atoms with Crippen molar-refractivity contribution >= 4 is 0 Å². The van der Waals surface area contributed by atoms with Crippen molar-refractivity contribution in [3.63, 3.8) is 0 Å². The first-order chi connectivity index (χ1) is 8.70. The van der Waals surface area contributed by atoms with Crippen molar-refractivity contribution < 1.29 is 0 Å². The van der Waals surface area contributed by atoms with E-state index in [4.69, 9.17) is 0 Å². The minimum absolute atomic E-state index is 0.784. The molecule has 2 aliphatic carbocycles. The Hall–Kier alpha value is -0.0800. The second-order valence-corrected chi connectivity index (χ2v) is 7.21. The summed E-state index contributed by atoms with van der Waals surface area (Å²) in [7, 11) is 0. The molecule has 1 heterocycles. The fourth-order valence-corrected chi connectivity index (χ4v) is 3.95. The van der Waals surface area contributed by atoms with E-state index >= 15 is 0 Å². The van der Waals surface area contributed by atoms with Crippen LogP contribution in [0, 0.1) is 17.8 Å². The lowest BCUT2D eigenvalue weighted by molar-refractivity contribution is 0.0791. The van der Waals surface area contributed by atoms with Crippen LogP contribution in [0.3, 0.4) is 0 Å². The summed E-state index contributed by atoms with van der Waals surface area (Å²) in [6.45, 7) is 9.69. The zero-order valence-corrected chi connectivity index (χ0v) is 12.4. The Morgan fingerprint density at radius 1 is 1.28 bits per heavy atom. The van der Waals surface area contributed by atoms with Gasteiger partial charge >= 0.3 is 0 Å². The van der Waals surface area contributed by atoms with Gasteiger partial charge in [0.2, 0.25) is 0 Å². The van der Waals surface area contributed by atoms with Crippen LogP contribution in [0.15, 0.2) is 0 Å². The molecule has 0 aromatic rings. The van der Waals surface area contributed by atoms with Gasteiger partial charge in [-0.3, -0.25) is 4.90 Å². The molecule has 18 heavy (non-hydrogen) atoms. The SMILES string of the molecule is CCCC1CC1N1CC(C2CC2)NCC1C(C)C. The van der Waals surface area contributed by atoms with E-state index < -0.39 is 0 Å². The summed E-state index contributed by atoms with van der Waals surface area (Å²) in [4.78, 5) is 2.89. The normalized spacial score (nSPS) is 41.3. The Bertz CT molecular complexity index is 285. The van der Waals surface area contributed by atoms with Gasteiger partial charge in [-0.05, 0) is 43.4 Å². The van der Waals surface area contributed by atoms with Gasteiger partial charge in [-0.25, -0.2) is 0 Å². The Balaban J connectivity index is 1.62. The second-order valence-electron chi connectivity index (χ2n) is 7.21. The predicted molar refractivity (Wildman–Crippen MR) is 76.6 cm³/mol. The van der Waals surface area contributed by atoms with E-state index in [2.05, 4.69) is 31.0 Å². The maximum Gasteiger partial charge on any atom is 0.0247 e. The molecule has 0 radical (unpaired) electrons. The third-order valence-corrected chi connectivity index (χ3v) is 5.35. The summed E-state index contributed by atoms with van der Waals surface area (Å²) in [5, 5.41) is 3.83. The molecule has 3 fully saturated rings. The quantitative estimate of drug-likeness (QED) is 0.807. The molecule has 0 bridgehead atoms. The van der Waals surface area contributed by atoms with Gasteiger partial charge in [-0.15, -0.1) is 0 Å². The van der Waals surface area contributed by atoms with Crippen LogP contribution in [-0.4, -0.2) is 36.1 Å². The molecule has 2 nitrogen and oxygen atoms in total. The Labute approximate surface area is 113 Å². The van der Waals surface area contributed by atoms with Crippen molar-refractivity contribution in [1.29, 1.82) is 0 Å². The fraction of sp³-hybridized carbons (Fsp3) is 1.00. The van der Waals surface area contributed by atoms with Crippen molar-refractivity contribution in [2.45, 2.75) is 71.0 Å². The number of nitrogens with one attached hydrogen (secondary N) is 1. The highest BCUT2D eigenvalue weighted by molar-refractivity contribution is 5.03. The largest absolute Gasteiger partial charge is 0.311 e. The molecule has 0 aromatic heterocycles. The van der Waals surface area contributed by atoms with Gasteiger partial charge in [0.05, 0.1) is 0 Å². The second kappa shape index (κ2) is 5.13. The number of rotatable bonds is 5. The first-order valence-corrected chi connectivity index (χ1v) is 8.19. The maximum absolute atomic E-state index is 3.83. The molecule has 104 valence electrons. The summed E-state index contributed by atoms with van der Waals surface area (Å²) in [5.74, 6) is 2.82. The number of piperazine rings is 1. The smallest absolute Gasteiger partial charge is 0.0247 e. The van der Waals surface area contributed by atoms with Crippen LogP contribution in [0.2, 0.25) is 0 Å². The van der Waals surface area contributed by atoms with E-state index in [1.807, 2.05) is 0 Å². The van der Waals surface area contributed by atoms with E-state index in [9.17, 15) is 0 Å². The van der Waals surface area contributed by atoms with Crippen molar-refractivity contribution in [1.82, 2.24) is 10.2 Å². The van der Waals surface area contributed by atoms with Crippen LogP contribution in [0.25, 0.3) is 0 Å². The van der Waals surface area contributed by atoms with E-state index in [1.165, 1.54) is 45.2 Å². The molecule has 4 atom stereocenters. The summed E-state index contributed by atoms with van der Waals surface area (Å²) < 4.78 is 0. The molecular weight excluding hydrogens is 220 g/mol. The highest BCUT2D eigenvalue weighted by Crippen LogP contribution is 2.43. The standard InChI is InChI=1S/C16H30N2/c1-4-5-13-8-15(13)18-10-14(12-6-7-12)17-9-16(18)11(2)3/h11-17H,4-10H2,1-3H3. The third-order valence-electron chi connectivity index (χ3n) is 5.35. The van der Waals surface area contributed by atoms with Crippen molar-refractivity contribution in [3.05, 3.63) is 0 Å². The molecule has 0 spiro atoms. The van der Waals surface area contributed by atoms with Gasteiger partial charge in [0.1, 0.15) is 0 Å². The van der Waals surface area contributed by atoms with Gasteiger partial charge < -0.3 is 5.32 Å².